The normalized spacial score (nSPS) is 10.6. The third kappa shape index (κ3) is 4.06. The van der Waals surface area contributed by atoms with Crippen molar-refractivity contribution in [2.45, 2.75) is 13.5 Å². The molecule has 0 radical (unpaired) electrons. The molecule has 0 atom stereocenters. The van der Waals surface area contributed by atoms with Gasteiger partial charge in [0.1, 0.15) is 0 Å². The first-order valence-electron chi connectivity index (χ1n) is 6.78. The molecule has 1 aromatic carbocycles. The largest absolute Gasteiger partial charge is 0.398 e. The molecular weight excluding hydrogens is 284 g/mol. The minimum atomic E-state index is -0.0540. The number of anilines is 1. The molecule has 2 rings (SSSR count). The first-order chi connectivity index (χ1) is 10.1. The summed E-state index contributed by atoms with van der Waals surface area (Å²) >= 11 is 1.64. The lowest BCUT2D eigenvalue weighted by Gasteiger charge is -2.22. The van der Waals surface area contributed by atoms with Crippen molar-refractivity contribution in [3.05, 3.63) is 51.7 Å². The van der Waals surface area contributed by atoms with E-state index in [0.717, 1.165) is 10.4 Å². The molecule has 2 N–H and O–H groups in total. The van der Waals surface area contributed by atoms with Crippen LogP contribution in [0.2, 0.25) is 0 Å². The molecule has 0 bridgehead atoms. The van der Waals surface area contributed by atoms with Crippen molar-refractivity contribution in [2.24, 2.45) is 0 Å². The van der Waals surface area contributed by atoms with Crippen LogP contribution in [-0.2, 0) is 11.3 Å². The Kier molecular flexibility index (Phi) is 5.36. The van der Waals surface area contributed by atoms with Crippen molar-refractivity contribution in [1.29, 1.82) is 0 Å². The highest BCUT2D eigenvalue weighted by Crippen LogP contribution is 2.19. The molecule has 112 valence electrons. The fourth-order valence-electron chi connectivity index (χ4n) is 2.07. The summed E-state index contributed by atoms with van der Waals surface area (Å²) in [6.45, 7) is 3.58. The van der Waals surface area contributed by atoms with E-state index in [1.165, 1.54) is 0 Å². The van der Waals surface area contributed by atoms with Crippen LogP contribution in [0.4, 0.5) is 5.69 Å². The molecule has 5 heteroatoms. The van der Waals surface area contributed by atoms with E-state index in [0.29, 0.717) is 30.9 Å². The third-order valence-electron chi connectivity index (χ3n) is 3.22. The van der Waals surface area contributed by atoms with Gasteiger partial charge < -0.3 is 15.4 Å². The molecule has 0 aliphatic carbocycles. The summed E-state index contributed by atoms with van der Waals surface area (Å²) in [6, 6.07) is 9.54. The molecule has 0 saturated carbocycles. The number of hydrogen-bond acceptors (Lipinski definition) is 4. The van der Waals surface area contributed by atoms with Gasteiger partial charge >= 0.3 is 0 Å². The first-order valence-corrected chi connectivity index (χ1v) is 7.66. The quantitative estimate of drug-likeness (QED) is 0.835. The van der Waals surface area contributed by atoms with Crippen molar-refractivity contribution in [1.82, 2.24) is 4.90 Å². The Balaban J connectivity index is 2.22. The maximum absolute atomic E-state index is 12.7. The molecular formula is C16H20N2O2S. The summed E-state index contributed by atoms with van der Waals surface area (Å²) in [7, 11) is 1.63. The zero-order valence-electron chi connectivity index (χ0n) is 12.3. The number of carbonyl (C=O) groups excluding carboxylic acids is 1. The summed E-state index contributed by atoms with van der Waals surface area (Å²) in [5.41, 5.74) is 8.05. The zero-order chi connectivity index (χ0) is 15.2. The van der Waals surface area contributed by atoms with Crippen LogP contribution in [0.3, 0.4) is 0 Å². The second kappa shape index (κ2) is 7.24. The average Bonchev–Trinajstić information content (AvgIpc) is 2.98. The van der Waals surface area contributed by atoms with E-state index in [9.17, 15) is 4.79 Å². The number of amides is 1. The van der Waals surface area contributed by atoms with Crippen LogP contribution in [0, 0.1) is 6.92 Å². The lowest BCUT2D eigenvalue weighted by Crippen LogP contribution is -2.33. The van der Waals surface area contributed by atoms with E-state index in [-0.39, 0.29) is 5.91 Å². The highest BCUT2D eigenvalue weighted by Gasteiger charge is 2.18. The Bertz CT molecular complexity index is 596. The van der Waals surface area contributed by atoms with Gasteiger partial charge in [-0.15, -0.1) is 11.3 Å². The fourth-order valence-corrected chi connectivity index (χ4v) is 2.79. The second-order valence-electron chi connectivity index (χ2n) is 4.89. The van der Waals surface area contributed by atoms with Crippen molar-refractivity contribution in [2.75, 3.05) is 26.0 Å². The van der Waals surface area contributed by atoms with Crippen molar-refractivity contribution in [3.8, 4) is 0 Å². The molecule has 0 aliphatic heterocycles. The van der Waals surface area contributed by atoms with Gasteiger partial charge in [0.25, 0.3) is 5.91 Å². The van der Waals surface area contributed by atoms with E-state index in [2.05, 4.69) is 0 Å². The summed E-state index contributed by atoms with van der Waals surface area (Å²) in [6.07, 6.45) is 0. The number of thiophene rings is 1. The van der Waals surface area contributed by atoms with Crippen LogP contribution >= 0.6 is 11.3 Å². The van der Waals surface area contributed by atoms with Crippen molar-refractivity contribution >= 4 is 22.9 Å². The number of carbonyl (C=O) groups is 1. The van der Waals surface area contributed by atoms with Crippen LogP contribution in [0.5, 0.6) is 0 Å². The molecule has 0 fully saturated rings. The molecule has 0 spiro atoms. The number of nitrogens with zero attached hydrogens (tertiary/aromatic N) is 1. The number of ether oxygens (including phenoxy) is 1. The smallest absolute Gasteiger partial charge is 0.256 e. The standard InChI is InChI=1S/C16H20N2O2S/c1-12-5-6-15(17)14(10-12)16(19)18(7-8-20-2)11-13-4-3-9-21-13/h3-6,9-10H,7-8,11,17H2,1-2H3. The summed E-state index contributed by atoms with van der Waals surface area (Å²) in [4.78, 5) is 15.7. The summed E-state index contributed by atoms with van der Waals surface area (Å²) < 4.78 is 5.11. The third-order valence-corrected chi connectivity index (χ3v) is 4.08. The molecule has 4 nitrogen and oxygen atoms in total. The Morgan fingerprint density at radius 2 is 2.19 bits per heavy atom. The molecule has 0 saturated heterocycles. The Morgan fingerprint density at radius 1 is 1.38 bits per heavy atom. The molecule has 1 heterocycles. The predicted octanol–water partition coefficient (Wildman–Crippen LogP) is 2.93. The van der Waals surface area contributed by atoms with Crippen LogP contribution in [-0.4, -0.2) is 31.1 Å². The lowest BCUT2D eigenvalue weighted by molar-refractivity contribution is 0.0683. The van der Waals surface area contributed by atoms with Gasteiger partial charge in [-0.3, -0.25) is 4.79 Å². The highest BCUT2D eigenvalue weighted by atomic mass is 32.1. The zero-order valence-corrected chi connectivity index (χ0v) is 13.2. The van der Waals surface area contributed by atoms with Gasteiger partial charge in [-0.1, -0.05) is 17.7 Å². The molecule has 2 aromatic rings. The maximum Gasteiger partial charge on any atom is 0.256 e. The number of methoxy groups -OCH3 is 1. The number of rotatable bonds is 6. The van der Waals surface area contributed by atoms with Crippen LogP contribution in [0.25, 0.3) is 0 Å². The predicted molar refractivity (Wildman–Crippen MR) is 86.5 cm³/mol. The molecule has 1 amide bonds. The Hall–Kier alpha value is -1.85. The Morgan fingerprint density at radius 3 is 2.86 bits per heavy atom. The lowest BCUT2D eigenvalue weighted by atomic mass is 10.1. The molecule has 1 aromatic heterocycles. The van der Waals surface area contributed by atoms with Crippen LogP contribution in [0.1, 0.15) is 20.8 Å². The van der Waals surface area contributed by atoms with E-state index in [1.807, 2.05) is 36.6 Å². The van der Waals surface area contributed by atoms with E-state index in [4.69, 9.17) is 10.5 Å². The fraction of sp³-hybridized carbons (Fsp3) is 0.312. The van der Waals surface area contributed by atoms with Gasteiger partial charge in [-0.25, -0.2) is 0 Å². The van der Waals surface area contributed by atoms with Gasteiger partial charge in [-0.05, 0) is 30.5 Å². The van der Waals surface area contributed by atoms with Crippen LogP contribution in [0.15, 0.2) is 35.7 Å². The Labute approximate surface area is 129 Å². The minimum absolute atomic E-state index is 0.0540. The van der Waals surface area contributed by atoms with Crippen molar-refractivity contribution in [3.63, 3.8) is 0 Å². The van der Waals surface area contributed by atoms with E-state index in [1.54, 1.807) is 29.4 Å². The number of nitrogens with two attached hydrogens (primary N) is 1. The number of aryl methyl sites for hydroxylation is 1. The number of hydrogen-bond donors (Lipinski definition) is 1. The second-order valence-corrected chi connectivity index (χ2v) is 5.92. The van der Waals surface area contributed by atoms with Gasteiger partial charge in [-0.2, -0.15) is 0 Å². The van der Waals surface area contributed by atoms with E-state index < -0.39 is 0 Å². The van der Waals surface area contributed by atoms with Gasteiger partial charge in [0, 0.05) is 24.2 Å². The van der Waals surface area contributed by atoms with E-state index >= 15 is 0 Å². The van der Waals surface area contributed by atoms with Gasteiger partial charge in [0.2, 0.25) is 0 Å². The van der Waals surface area contributed by atoms with Crippen LogP contribution < -0.4 is 5.73 Å². The van der Waals surface area contributed by atoms with Crippen molar-refractivity contribution < 1.29 is 9.53 Å². The first kappa shape index (κ1) is 15.5. The van der Waals surface area contributed by atoms with Gasteiger partial charge in [0.15, 0.2) is 0 Å². The monoisotopic (exact) mass is 304 g/mol. The highest BCUT2D eigenvalue weighted by molar-refractivity contribution is 7.09. The number of benzene rings is 1. The minimum Gasteiger partial charge on any atom is -0.398 e. The summed E-state index contributed by atoms with van der Waals surface area (Å²) in [5.74, 6) is -0.0540. The topological polar surface area (TPSA) is 55.6 Å². The maximum atomic E-state index is 12.7. The summed E-state index contributed by atoms with van der Waals surface area (Å²) in [5, 5.41) is 2.01. The SMILES string of the molecule is COCCN(Cc1cccs1)C(=O)c1cc(C)ccc1N. The molecule has 0 aliphatic rings. The number of nitrogen functional groups attached to an aromatic ring is 1. The van der Waals surface area contributed by atoms with Gasteiger partial charge in [0.05, 0.1) is 18.7 Å². The molecule has 0 unspecified atom stereocenters. The average molecular weight is 304 g/mol. The molecule has 21 heavy (non-hydrogen) atoms.